The van der Waals surface area contributed by atoms with Crippen molar-refractivity contribution in [3.63, 3.8) is 0 Å². The van der Waals surface area contributed by atoms with Crippen molar-refractivity contribution in [2.75, 3.05) is 13.7 Å². The number of hydrogen-bond acceptors (Lipinski definition) is 8. The van der Waals surface area contributed by atoms with Gasteiger partial charge in [0, 0.05) is 13.0 Å². The lowest BCUT2D eigenvalue weighted by molar-refractivity contribution is -0.142. The Balaban J connectivity index is 2.65. The van der Waals surface area contributed by atoms with E-state index >= 15 is 0 Å². The van der Waals surface area contributed by atoms with E-state index in [0.29, 0.717) is 19.4 Å². The van der Waals surface area contributed by atoms with Crippen LogP contribution in [0, 0.1) is 5.92 Å². The monoisotopic (exact) mass is 470 g/mol. The minimum Gasteiger partial charge on any atom is -0.469 e. The van der Waals surface area contributed by atoms with Crippen molar-refractivity contribution in [3.8, 4) is 0 Å². The van der Waals surface area contributed by atoms with Crippen LogP contribution in [0.15, 0.2) is 0 Å². The first-order valence-electron chi connectivity index (χ1n) is 11.0. The summed E-state index contributed by atoms with van der Waals surface area (Å²) in [5, 5.41) is 26.5. The number of carbonyl (C=O) groups is 5. The molecule has 4 unspecified atom stereocenters. The molecule has 5 N–H and O–H groups in total. The van der Waals surface area contributed by atoms with Crippen molar-refractivity contribution in [2.45, 2.75) is 77.4 Å². The number of nitrogens with one attached hydrogen (secondary N) is 3. The first-order valence-corrected chi connectivity index (χ1v) is 11.0. The molecule has 0 saturated carbocycles. The number of amides is 4. The van der Waals surface area contributed by atoms with Gasteiger partial charge in [-0.15, -0.1) is 0 Å². The summed E-state index contributed by atoms with van der Waals surface area (Å²) in [5.41, 5.74) is 0. The van der Waals surface area contributed by atoms with E-state index in [4.69, 9.17) is 0 Å². The number of nitrogens with zero attached hydrogens (tertiary/aromatic N) is 1. The number of rotatable bonds is 11. The van der Waals surface area contributed by atoms with E-state index in [1.54, 1.807) is 13.8 Å². The third-order valence-electron chi connectivity index (χ3n) is 5.47. The molecule has 1 aliphatic rings. The predicted octanol–water partition coefficient (Wildman–Crippen LogP) is -1.91. The van der Waals surface area contributed by atoms with Crippen LogP contribution in [-0.2, 0) is 28.7 Å². The molecular weight excluding hydrogens is 435 g/mol. The lowest BCUT2D eigenvalue weighted by Crippen LogP contribution is -2.58. The Bertz CT molecular complexity index is 725. The zero-order valence-corrected chi connectivity index (χ0v) is 19.8. The molecule has 12 nitrogen and oxygen atoms in total. The Morgan fingerprint density at radius 1 is 1.00 bits per heavy atom. The van der Waals surface area contributed by atoms with Crippen LogP contribution in [0.5, 0.6) is 0 Å². The zero-order chi connectivity index (χ0) is 25.3. The minimum absolute atomic E-state index is 0.116. The van der Waals surface area contributed by atoms with E-state index in [9.17, 15) is 34.0 Å². The lowest BCUT2D eigenvalue weighted by Gasteiger charge is -2.30. The number of hydrogen-bond donors (Lipinski definition) is 5. The van der Waals surface area contributed by atoms with Crippen molar-refractivity contribution in [1.82, 2.24) is 20.9 Å². The average Bonchev–Trinajstić information content (AvgIpc) is 3.24. The molecule has 0 radical (unpaired) electrons. The Kier molecular flexibility index (Phi) is 11.3. The summed E-state index contributed by atoms with van der Waals surface area (Å²) in [5.74, 6) is -3.71. The van der Waals surface area contributed by atoms with Gasteiger partial charge in [0.2, 0.25) is 23.6 Å². The summed E-state index contributed by atoms with van der Waals surface area (Å²) in [6, 6.07) is -2.68. The van der Waals surface area contributed by atoms with Crippen molar-refractivity contribution in [2.24, 2.45) is 5.92 Å². The van der Waals surface area contributed by atoms with Gasteiger partial charge in [-0.1, -0.05) is 13.8 Å². The summed E-state index contributed by atoms with van der Waals surface area (Å²) < 4.78 is 4.46. The smallest absolute Gasteiger partial charge is 0.469 e. The van der Waals surface area contributed by atoms with Gasteiger partial charge in [-0.05, 0) is 32.6 Å². The summed E-state index contributed by atoms with van der Waals surface area (Å²) in [4.78, 5) is 62.3. The van der Waals surface area contributed by atoms with Gasteiger partial charge < -0.3 is 35.6 Å². The normalized spacial score (nSPS) is 18.2. The highest BCUT2D eigenvalue weighted by atomic mass is 16.5. The van der Waals surface area contributed by atoms with E-state index < -0.39 is 60.8 Å². The van der Waals surface area contributed by atoms with Gasteiger partial charge in [-0.2, -0.15) is 0 Å². The molecule has 1 aliphatic heterocycles. The van der Waals surface area contributed by atoms with Crippen molar-refractivity contribution < 1.29 is 38.8 Å². The fourth-order valence-corrected chi connectivity index (χ4v) is 3.49. The van der Waals surface area contributed by atoms with Crippen molar-refractivity contribution in [3.05, 3.63) is 0 Å². The number of methoxy groups -OCH3 is 1. The van der Waals surface area contributed by atoms with Crippen LogP contribution in [0.25, 0.3) is 0 Å². The van der Waals surface area contributed by atoms with Gasteiger partial charge >= 0.3 is 13.1 Å². The molecule has 4 amide bonds. The van der Waals surface area contributed by atoms with E-state index in [1.807, 2.05) is 0 Å². The minimum atomic E-state index is -1.73. The Morgan fingerprint density at radius 3 is 2.18 bits per heavy atom. The average molecular weight is 470 g/mol. The number of carbonyl (C=O) groups excluding carboxylic acids is 5. The van der Waals surface area contributed by atoms with Crippen LogP contribution < -0.4 is 16.0 Å². The number of ether oxygens (including phenoxy) is 1. The summed E-state index contributed by atoms with van der Waals surface area (Å²) in [7, 11) is -0.524. The van der Waals surface area contributed by atoms with E-state index in [0.717, 1.165) is 0 Å². The third kappa shape index (κ3) is 8.65. The fraction of sp³-hybridized carbons (Fsp3) is 0.750. The number of likely N-dealkylation sites (tertiary alicyclic amines) is 1. The maximum absolute atomic E-state index is 12.9. The van der Waals surface area contributed by atoms with E-state index in [-0.39, 0.29) is 18.8 Å². The second-order valence-corrected chi connectivity index (χ2v) is 8.48. The molecule has 0 spiro atoms. The first kappa shape index (κ1) is 28.4. The SMILES string of the molecule is COC(=O)CCC(=O)NC(C)C(=O)NC(C)C(=O)N1CCCC1C(=O)NC(B(O)O)C(C)C. The van der Waals surface area contributed by atoms with Gasteiger partial charge in [0.05, 0.1) is 19.5 Å². The van der Waals surface area contributed by atoms with Crippen LogP contribution in [0.2, 0.25) is 0 Å². The summed E-state index contributed by atoms with van der Waals surface area (Å²) in [6.45, 7) is 6.71. The largest absolute Gasteiger partial charge is 0.475 e. The molecule has 186 valence electrons. The molecule has 33 heavy (non-hydrogen) atoms. The van der Waals surface area contributed by atoms with Crippen LogP contribution in [0.3, 0.4) is 0 Å². The molecule has 0 aromatic rings. The van der Waals surface area contributed by atoms with Crippen LogP contribution >= 0.6 is 0 Å². The molecule has 0 aromatic carbocycles. The molecular formula is C20H35BN4O8. The highest BCUT2D eigenvalue weighted by molar-refractivity contribution is 6.43. The van der Waals surface area contributed by atoms with Crippen molar-refractivity contribution in [1.29, 1.82) is 0 Å². The third-order valence-corrected chi connectivity index (χ3v) is 5.47. The molecule has 0 aromatic heterocycles. The van der Waals surface area contributed by atoms with E-state index in [2.05, 4.69) is 20.7 Å². The molecule has 4 atom stereocenters. The molecule has 1 saturated heterocycles. The van der Waals surface area contributed by atoms with Gasteiger partial charge in [-0.25, -0.2) is 0 Å². The lowest BCUT2D eigenvalue weighted by atomic mass is 9.73. The standard InChI is InChI=1S/C20H35BN4O8/c1-11(2)17(21(31)32)24-19(29)14-7-6-10-25(14)20(30)13(4)23-18(28)12(3)22-15(26)8-9-16(27)33-5/h11-14,17,31-32H,6-10H2,1-5H3,(H,22,26)(H,23,28)(H,24,29). The highest BCUT2D eigenvalue weighted by Gasteiger charge is 2.39. The van der Waals surface area contributed by atoms with Crippen molar-refractivity contribution >= 4 is 36.7 Å². The summed E-state index contributed by atoms with van der Waals surface area (Å²) >= 11 is 0. The number of esters is 1. The quantitative estimate of drug-likeness (QED) is 0.172. The predicted molar refractivity (Wildman–Crippen MR) is 118 cm³/mol. The Labute approximate surface area is 193 Å². The zero-order valence-electron chi connectivity index (χ0n) is 19.8. The second-order valence-electron chi connectivity index (χ2n) is 8.48. The van der Waals surface area contributed by atoms with Gasteiger partial charge in [0.1, 0.15) is 18.1 Å². The van der Waals surface area contributed by atoms with Gasteiger partial charge in [-0.3, -0.25) is 24.0 Å². The van der Waals surface area contributed by atoms with Crippen LogP contribution in [-0.4, -0.2) is 89.4 Å². The van der Waals surface area contributed by atoms with Crippen LogP contribution in [0.4, 0.5) is 0 Å². The topological polar surface area (TPSA) is 174 Å². The summed E-state index contributed by atoms with van der Waals surface area (Å²) in [6.07, 6.45) is 0.751. The first-order chi connectivity index (χ1) is 15.4. The maximum Gasteiger partial charge on any atom is 0.475 e. The van der Waals surface area contributed by atoms with E-state index in [1.165, 1.54) is 25.9 Å². The molecule has 0 bridgehead atoms. The molecule has 1 rings (SSSR count). The van der Waals surface area contributed by atoms with Gasteiger partial charge in [0.25, 0.3) is 0 Å². The highest BCUT2D eigenvalue weighted by Crippen LogP contribution is 2.19. The second kappa shape index (κ2) is 13.1. The molecule has 1 fully saturated rings. The van der Waals surface area contributed by atoms with Gasteiger partial charge in [0.15, 0.2) is 0 Å². The fourth-order valence-electron chi connectivity index (χ4n) is 3.49. The maximum atomic E-state index is 12.9. The van der Waals surface area contributed by atoms with Crippen LogP contribution in [0.1, 0.15) is 53.4 Å². The Hall–Kier alpha value is -2.67. The molecule has 13 heteroatoms. The Morgan fingerprint density at radius 2 is 1.64 bits per heavy atom. The molecule has 0 aliphatic carbocycles. The molecule has 1 heterocycles.